The smallest absolute Gasteiger partial charge is 0.278 e. The van der Waals surface area contributed by atoms with Gasteiger partial charge in [-0.2, -0.15) is 5.10 Å². The summed E-state index contributed by atoms with van der Waals surface area (Å²) in [5.74, 6) is 0.456. The van der Waals surface area contributed by atoms with Crippen LogP contribution in [0.3, 0.4) is 0 Å². The minimum absolute atomic E-state index is 0.0567. The number of benzene rings is 1. The van der Waals surface area contributed by atoms with Crippen molar-refractivity contribution in [3.63, 3.8) is 0 Å². The lowest BCUT2D eigenvalue weighted by Crippen LogP contribution is -2.44. The van der Waals surface area contributed by atoms with E-state index >= 15 is 0 Å². The second-order valence-electron chi connectivity index (χ2n) is 6.31. The summed E-state index contributed by atoms with van der Waals surface area (Å²) in [6, 6.07) is 10.3. The summed E-state index contributed by atoms with van der Waals surface area (Å²) >= 11 is 0. The normalized spacial score (nSPS) is 15.8. The van der Waals surface area contributed by atoms with E-state index < -0.39 is 0 Å². The lowest BCUT2D eigenvalue weighted by atomic mass is 10.0. The molecule has 0 saturated carbocycles. The summed E-state index contributed by atoms with van der Waals surface area (Å²) in [5, 5.41) is 4.47. The fourth-order valence-corrected chi connectivity index (χ4v) is 3.10. The maximum absolute atomic E-state index is 12.9. The van der Waals surface area contributed by atoms with E-state index in [-0.39, 0.29) is 5.91 Å². The second kappa shape index (κ2) is 7.05. The molecule has 24 heavy (non-hydrogen) atoms. The average Bonchev–Trinajstić information content (AvgIpc) is 3.06. The zero-order valence-corrected chi connectivity index (χ0v) is 14.5. The Morgan fingerprint density at radius 3 is 2.46 bits per heavy atom. The van der Waals surface area contributed by atoms with E-state index in [1.807, 2.05) is 35.2 Å². The highest BCUT2D eigenvalue weighted by molar-refractivity contribution is 5.95. The van der Waals surface area contributed by atoms with E-state index in [0.29, 0.717) is 17.5 Å². The number of amides is 1. The SMILES string of the molecule is COc1cn(-c2ccccc2)nc1C(=O)N1CCC(N(C)C)CC1. The van der Waals surface area contributed by atoms with Crippen LogP contribution in [0.4, 0.5) is 0 Å². The van der Waals surface area contributed by atoms with Crippen LogP contribution >= 0.6 is 0 Å². The molecule has 1 saturated heterocycles. The minimum Gasteiger partial charge on any atom is -0.493 e. The zero-order valence-electron chi connectivity index (χ0n) is 14.5. The first-order chi connectivity index (χ1) is 11.6. The van der Waals surface area contributed by atoms with Crippen molar-refractivity contribution in [2.24, 2.45) is 0 Å². The number of carbonyl (C=O) groups excluding carboxylic acids is 1. The van der Waals surface area contributed by atoms with Crippen molar-refractivity contribution in [2.75, 3.05) is 34.3 Å². The van der Waals surface area contributed by atoms with Crippen LogP contribution in [0.2, 0.25) is 0 Å². The highest BCUT2D eigenvalue weighted by atomic mass is 16.5. The number of carbonyl (C=O) groups is 1. The molecule has 6 nitrogen and oxygen atoms in total. The van der Waals surface area contributed by atoms with Crippen molar-refractivity contribution in [3.8, 4) is 11.4 Å². The summed E-state index contributed by atoms with van der Waals surface area (Å²) in [4.78, 5) is 17.0. The molecule has 2 aromatic rings. The average molecular weight is 328 g/mol. The van der Waals surface area contributed by atoms with Crippen LogP contribution in [0.25, 0.3) is 5.69 Å². The Labute approximate surface area is 142 Å². The highest BCUT2D eigenvalue weighted by Gasteiger charge is 2.28. The third kappa shape index (κ3) is 3.28. The number of aromatic nitrogens is 2. The van der Waals surface area contributed by atoms with Crippen molar-refractivity contribution in [1.82, 2.24) is 19.6 Å². The number of likely N-dealkylation sites (tertiary alicyclic amines) is 1. The third-order valence-corrected chi connectivity index (χ3v) is 4.61. The number of nitrogens with zero attached hydrogens (tertiary/aromatic N) is 4. The molecule has 2 heterocycles. The van der Waals surface area contributed by atoms with E-state index in [0.717, 1.165) is 31.6 Å². The van der Waals surface area contributed by atoms with Gasteiger partial charge in [0, 0.05) is 19.1 Å². The van der Waals surface area contributed by atoms with E-state index in [9.17, 15) is 4.79 Å². The highest BCUT2D eigenvalue weighted by Crippen LogP contribution is 2.23. The molecule has 0 unspecified atom stereocenters. The molecule has 0 radical (unpaired) electrons. The lowest BCUT2D eigenvalue weighted by molar-refractivity contribution is 0.0654. The van der Waals surface area contributed by atoms with Crippen LogP contribution in [0.5, 0.6) is 5.75 Å². The van der Waals surface area contributed by atoms with E-state index in [1.165, 1.54) is 0 Å². The largest absolute Gasteiger partial charge is 0.493 e. The van der Waals surface area contributed by atoms with Crippen LogP contribution in [0.1, 0.15) is 23.3 Å². The van der Waals surface area contributed by atoms with Gasteiger partial charge < -0.3 is 14.5 Å². The van der Waals surface area contributed by atoms with Gasteiger partial charge in [-0.3, -0.25) is 4.79 Å². The van der Waals surface area contributed by atoms with Gasteiger partial charge >= 0.3 is 0 Å². The van der Waals surface area contributed by atoms with Crippen molar-refractivity contribution in [2.45, 2.75) is 18.9 Å². The van der Waals surface area contributed by atoms with Gasteiger partial charge in [-0.05, 0) is 39.1 Å². The van der Waals surface area contributed by atoms with Crippen LogP contribution in [0, 0.1) is 0 Å². The summed E-state index contributed by atoms with van der Waals surface area (Å²) in [6.45, 7) is 1.51. The van der Waals surface area contributed by atoms with E-state index in [1.54, 1.807) is 18.0 Å². The van der Waals surface area contributed by atoms with E-state index in [2.05, 4.69) is 24.1 Å². The molecule has 1 amide bonds. The van der Waals surface area contributed by atoms with Crippen LogP contribution in [-0.4, -0.2) is 65.8 Å². The van der Waals surface area contributed by atoms with Gasteiger partial charge in [0.2, 0.25) is 0 Å². The Kier molecular flexibility index (Phi) is 4.85. The molecule has 1 aromatic carbocycles. The van der Waals surface area contributed by atoms with Crippen molar-refractivity contribution < 1.29 is 9.53 Å². The molecule has 1 aliphatic heterocycles. The number of ether oxygens (including phenoxy) is 1. The first kappa shape index (κ1) is 16.5. The Morgan fingerprint density at radius 1 is 1.21 bits per heavy atom. The molecule has 0 atom stereocenters. The molecule has 0 spiro atoms. The minimum atomic E-state index is -0.0567. The molecule has 0 bridgehead atoms. The lowest BCUT2D eigenvalue weighted by Gasteiger charge is -2.34. The second-order valence-corrected chi connectivity index (χ2v) is 6.31. The molecule has 1 aliphatic rings. The Balaban J connectivity index is 1.79. The zero-order chi connectivity index (χ0) is 17.1. The van der Waals surface area contributed by atoms with Gasteiger partial charge in [0.1, 0.15) is 0 Å². The van der Waals surface area contributed by atoms with Crippen molar-refractivity contribution in [1.29, 1.82) is 0 Å². The maximum Gasteiger partial charge on any atom is 0.278 e. The fourth-order valence-electron chi connectivity index (χ4n) is 3.10. The van der Waals surface area contributed by atoms with Gasteiger partial charge in [-0.1, -0.05) is 18.2 Å². The Morgan fingerprint density at radius 2 is 1.88 bits per heavy atom. The molecule has 6 heteroatoms. The monoisotopic (exact) mass is 328 g/mol. The molecular weight excluding hydrogens is 304 g/mol. The van der Waals surface area contributed by atoms with Gasteiger partial charge in [0.15, 0.2) is 11.4 Å². The molecule has 0 N–H and O–H groups in total. The summed E-state index contributed by atoms with van der Waals surface area (Å²) in [5.41, 5.74) is 1.28. The van der Waals surface area contributed by atoms with Crippen LogP contribution < -0.4 is 4.74 Å². The summed E-state index contributed by atoms with van der Waals surface area (Å²) < 4.78 is 7.07. The van der Waals surface area contributed by atoms with Crippen LogP contribution in [-0.2, 0) is 0 Å². The Bertz CT molecular complexity index is 688. The predicted octanol–water partition coefficient (Wildman–Crippen LogP) is 2.05. The number of hydrogen-bond acceptors (Lipinski definition) is 4. The van der Waals surface area contributed by atoms with Crippen LogP contribution in [0.15, 0.2) is 36.5 Å². The quantitative estimate of drug-likeness (QED) is 0.862. The predicted molar refractivity (Wildman–Crippen MR) is 92.7 cm³/mol. The number of methoxy groups -OCH3 is 1. The van der Waals surface area contributed by atoms with Crippen molar-refractivity contribution >= 4 is 5.91 Å². The van der Waals surface area contributed by atoms with E-state index in [4.69, 9.17) is 4.74 Å². The molecule has 1 fully saturated rings. The molecule has 1 aromatic heterocycles. The molecule has 0 aliphatic carbocycles. The number of para-hydroxylation sites is 1. The fraction of sp³-hybridized carbons (Fsp3) is 0.444. The third-order valence-electron chi connectivity index (χ3n) is 4.61. The van der Waals surface area contributed by atoms with Crippen molar-refractivity contribution in [3.05, 3.63) is 42.2 Å². The molecule has 128 valence electrons. The number of hydrogen-bond donors (Lipinski definition) is 0. The molecule has 3 rings (SSSR count). The first-order valence-electron chi connectivity index (χ1n) is 8.25. The molecular formula is C18H24N4O2. The van der Waals surface area contributed by atoms with Gasteiger partial charge in [0.05, 0.1) is 19.0 Å². The summed E-state index contributed by atoms with van der Waals surface area (Å²) in [7, 11) is 5.75. The standard InChI is InChI=1S/C18H24N4O2/c1-20(2)14-9-11-21(12-10-14)18(23)17-16(24-3)13-22(19-17)15-7-5-4-6-8-15/h4-8,13-14H,9-12H2,1-3H3. The van der Waals surface area contributed by atoms with Gasteiger partial charge in [-0.25, -0.2) is 4.68 Å². The Hall–Kier alpha value is -2.34. The maximum atomic E-state index is 12.9. The van der Waals surface area contributed by atoms with Gasteiger partial charge in [0.25, 0.3) is 5.91 Å². The van der Waals surface area contributed by atoms with Gasteiger partial charge in [-0.15, -0.1) is 0 Å². The topological polar surface area (TPSA) is 50.6 Å². The number of piperidine rings is 1. The first-order valence-corrected chi connectivity index (χ1v) is 8.25. The number of rotatable bonds is 4. The summed E-state index contributed by atoms with van der Waals surface area (Å²) in [6.07, 6.45) is 3.73.